The number of hydrogen-bond acceptors (Lipinski definition) is 3. The van der Waals surface area contributed by atoms with E-state index in [1.807, 2.05) is 78.9 Å². The summed E-state index contributed by atoms with van der Waals surface area (Å²) in [6.45, 7) is 1.29. The van der Waals surface area contributed by atoms with Crippen molar-refractivity contribution in [3.8, 4) is 33.6 Å². The molecule has 37 heavy (non-hydrogen) atoms. The van der Waals surface area contributed by atoms with E-state index in [2.05, 4.69) is 27.8 Å². The van der Waals surface area contributed by atoms with Crippen LogP contribution in [0.4, 0.5) is 0 Å². The molecule has 0 bridgehead atoms. The van der Waals surface area contributed by atoms with Gasteiger partial charge in [-0.05, 0) is 60.0 Å². The Morgan fingerprint density at radius 3 is 2.35 bits per heavy atom. The molecule has 4 aromatic carbocycles. The van der Waals surface area contributed by atoms with E-state index in [1.165, 1.54) is 0 Å². The maximum absolute atomic E-state index is 13.6. The van der Waals surface area contributed by atoms with Gasteiger partial charge in [0.25, 0.3) is 5.56 Å². The lowest BCUT2D eigenvalue weighted by Crippen LogP contribution is -2.12. The molecule has 6 aromatic rings. The Morgan fingerprint density at radius 2 is 1.57 bits per heavy atom. The van der Waals surface area contributed by atoms with Crippen LogP contribution in [0.3, 0.4) is 0 Å². The molecule has 0 atom stereocenters. The van der Waals surface area contributed by atoms with Crippen LogP contribution in [0, 0.1) is 0 Å². The van der Waals surface area contributed by atoms with Crippen LogP contribution in [-0.2, 0) is 6.54 Å². The maximum Gasteiger partial charge on any atom is 0.275 e. The van der Waals surface area contributed by atoms with Gasteiger partial charge in [-0.25, -0.2) is 4.98 Å². The molecular formula is C31H25ClN4O. The summed E-state index contributed by atoms with van der Waals surface area (Å²) in [5, 5.41) is 1.63. The molecule has 0 unspecified atom stereocenters. The summed E-state index contributed by atoms with van der Waals surface area (Å²) in [7, 11) is 0. The number of aryl methyl sites for hydroxylation is 1. The molecule has 5 nitrogen and oxygen atoms in total. The fraction of sp³-hybridized carbons (Fsp3) is 0.0968. The van der Waals surface area contributed by atoms with Crippen LogP contribution in [-0.4, -0.2) is 21.1 Å². The summed E-state index contributed by atoms with van der Waals surface area (Å²) < 4.78 is 2.24. The van der Waals surface area contributed by atoms with Gasteiger partial charge < -0.3 is 15.3 Å². The number of nitrogens with two attached hydrogens (primary N) is 1. The highest BCUT2D eigenvalue weighted by atomic mass is 35.5. The van der Waals surface area contributed by atoms with Gasteiger partial charge in [0.1, 0.15) is 5.69 Å². The molecule has 0 saturated heterocycles. The van der Waals surface area contributed by atoms with Crippen LogP contribution in [0.15, 0.2) is 102 Å². The van der Waals surface area contributed by atoms with Crippen molar-refractivity contribution in [2.24, 2.45) is 5.73 Å². The number of nitrogens with one attached hydrogen (secondary N) is 1. The van der Waals surface area contributed by atoms with Crippen LogP contribution >= 0.6 is 11.6 Å². The average molecular weight is 505 g/mol. The van der Waals surface area contributed by atoms with Crippen molar-refractivity contribution in [1.29, 1.82) is 0 Å². The third-order valence-electron chi connectivity index (χ3n) is 6.71. The Morgan fingerprint density at radius 1 is 0.838 bits per heavy atom. The Labute approximate surface area is 219 Å². The number of H-pyrrole nitrogens is 1. The summed E-state index contributed by atoms with van der Waals surface area (Å²) in [5.74, 6) is 0. The van der Waals surface area contributed by atoms with E-state index in [4.69, 9.17) is 22.3 Å². The van der Waals surface area contributed by atoms with Gasteiger partial charge in [0.05, 0.1) is 16.7 Å². The van der Waals surface area contributed by atoms with E-state index in [1.54, 1.807) is 0 Å². The third-order valence-corrected chi connectivity index (χ3v) is 6.96. The normalized spacial score (nSPS) is 11.4. The highest BCUT2D eigenvalue weighted by Crippen LogP contribution is 2.40. The van der Waals surface area contributed by atoms with Gasteiger partial charge in [-0.15, -0.1) is 0 Å². The fourth-order valence-corrected chi connectivity index (χ4v) is 5.12. The topological polar surface area (TPSA) is 76.7 Å². The zero-order valence-corrected chi connectivity index (χ0v) is 20.9. The van der Waals surface area contributed by atoms with Crippen molar-refractivity contribution < 1.29 is 0 Å². The van der Waals surface area contributed by atoms with Gasteiger partial charge >= 0.3 is 0 Å². The molecule has 0 amide bonds. The van der Waals surface area contributed by atoms with Crippen molar-refractivity contribution >= 4 is 33.5 Å². The van der Waals surface area contributed by atoms with Crippen LogP contribution in [0.5, 0.6) is 0 Å². The van der Waals surface area contributed by atoms with E-state index in [-0.39, 0.29) is 5.56 Å². The predicted octanol–water partition coefficient (Wildman–Crippen LogP) is 6.88. The fourth-order valence-electron chi connectivity index (χ4n) is 5.00. The standard InChI is InChI=1S/C31H25ClN4O/c32-23-14-11-21(12-15-23)30-28(24-9-4-5-10-27(24)36(30)18-6-17-33)29-31(37)35-26-19-22(13-16-25(26)34-29)20-7-2-1-3-8-20/h1-5,7-16,19H,6,17-18,33H2,(H,35,37). The zero-order valence-electron chi connectivity index (χ0n) is 20.1. The quantitative estimate of drug-likeness (QED) is 0.259. The molecule has 6 rings (SSSR count). The van der Waals surface area contributed by atoms with Crippen molar-refractivity contribution in [3.05, 3.63) is 112 Å². The van der Waals surface area contributed by atoms with E-state index < -0.39 is 0 Å². The number of rotatable bonds is 6. The maximum atomic E-state index is 13.6. The van der Waals surface area contributed by atoms with E-state index in [0.29, 0.717) is 22.8 Å². The number of benzene rings is 4. The highest BCUT2D eigenvalue weighted by Gasteiger charge is 2.23. The largest absolute Gasteiger partial charge is 0.340 e. The Kier molecular flexibility index (Phi) is 6.08. The van der Waals surface area contributed by atoms with Gasteiger partial charge in [-0.1, -0.05) is 78.3 Å². The number of aromatic amines is 1. The first-order valence-corrected chi connectivity index (χ1v) is 12.7. The van der Waals surface area contributed by atoms with E-state index >= 15 is 0 Å². The van der Waals surface area contributed by atoms with Crippen LogP contribution < -0.4 is 11.3 Å². The molecule has 0 aliphatic carbocycles. The number of nitrogens with zero attached hydrogens (tertiary/aromatic N) is 2. The molecule has 0 saturated carbocycles. The molecule has 0 aliphatic heterocycles. The van der Waals surface area contributed by atoms with E-state index in [9.17, 15) is 4.79 Å². The minimum absolute atomic E-state index is 0.227. The summed E-state index contributed by atoms with van der Waals surface area (Å²) in [4.78, 5) is 21.6. The summed E-state index contributed by atoms with van der Waals surface area (Å²) in [5.41, 5.74) is 13.4. The number of para-hydroxylation sites is 1. The monoisotopic (exact) mass is 504 g/mol. The molecule has 0 spiro atoms. The molecular weight excluding hydrogens is 480 g/mol. The zero-order chi connectivity index (χ0) is 25.4. The van der Waals surface area contributed by atoms with Crippen LogP contribution in [0.2, 0.25) is 5.02 Å². The SMILES string of the molecule is NCCCn1c(-c2ccc(Cl)cc2)c(-c2nc3ccc(-c4ccccc4)cc3[nH]c2=O)c2ccccc21. The second-order valence-corrected chi connectivity index (χ2v) is 9.49. The lowest BCUT2D eigenvalue weighted by Gasteiger charge is -2.13. The smallest absolute Gasteiger partial charge is 0.275 e. The van der Waals surface area contributed by atoms with Gasteiger partial charge in [0.2, 0.25) is 0 Å². The molecule has 2 aromatic heterocycles. The summed E-state index contributed by atoms with van der Waals surface area (Å²) in [6, 6.07) is 31.9. The molecule has 0 aliphatic rings. The van der Waals surface area contributed by atoms with Gasteiger partial charge in [-0.2, -0.15) is 0 Å². The minimum Gasteiger partial charge on any atom is -0.340 e. The first-order chi connectivity index (χ1) is 18.1. The highest BCUT2D eigenvalue weighted by molar-refractivity contribution is 6.30. The summed E-state index contributed by atoms with van der Waals surface area (Å²) in [6.07, 6.45) is 0.808. The second kappa shape index (κ2) is 9.69. The van der Waals surface area contributed by atoms with Crippen molar-refractivity contribution in [1.82, 2.24) is 14.5 Å². The lowest BCUT2D eigenvalue weighted by molar-refractivity contribution is 0.676. The second-order valence-electron chi connectivity index (χ2n) is 9.05. The van der Waals surface area contributed by atoms with Gasteiger partial charge in [0, 0.05) is 28.0 Å². The third kappa shape index (κ3) is 4.22. The van der Waals surface area contributed by atoms with Crippen molar-refractivity contribution in [2.45, 2.75) is 13.0 Å². The minimum atomic E-state index is -0.227. The first-order valence-electron chi connectivity index (χ1n) is 12.3. The van der Waals surface area contributed by atoms with Gasteiger partial charge in [-0.3, -0.25) is 4.79 Å². The molecule has 182 valence electrons. The molecule has 6 heteroatoms. The van der Waals surface area contributed by atoms with Crippen molar-refractivity contribution in [2.75, 3.05) is 6.54 Å². The average Bonchev–Trinajstić information content (AvgIpc) is 3.26. The van der Waals surface area contributed by atoms with Gasteiger partial charge in [0.15, 0.2) is 0 Å². The number of fused-ring (bicyclic) bond motifs is 2. The van der Waals surface area contributed by atoms with Crippen LogP contribution in [0.25, 0.3) is 55.6 Å². The molecule has 0 fully saturated rings. The first kappa shape index (κ1) is 23.2. The Hall–Kier alpha value is -4.19. The van der Waals surface area contributed by atoms with Crippen molar-refractivity contribution in [3.63, 3.8) is 0 Å². The summed E-state index contributed by atoms with van der Waals surface area (Å²) >= 11 is 6.21. The Bertz CT molecular complexity index is 1790. The predicted molar refractivity (Wildman–Crippen MR) is 153 cm³/mol. The molecule has 2 heterocycles. The number of halogens is 1. The Balaban J connectivity index is 1.61. The molecule has 3 N–H and O–H groups in total. The lowest BCUT2D eigenvalue weighted by atomic mass is 10.0. The number of aromatic nitrogens is 3. The molecule has 0 radical (unpaired) electrons. The van der Waals surface area contributed by atoms with Crippen LogP contribution in [0.1, 0.15) is 6.42 Å². The number of hydrogen-bond donors (Lipinski definition) is 2. The van der Waals surface area contributed by atoms with E-state index in [0.717, 1.165) is 57.3 Å².